The SMILES string of the molecule is Cc1cc(C(=O)CCl)c(C)n1CCc1ccc(Br)s1. The number of nitrogens with zero attached hydrogens (tertiary/aromatic N) is 1. The second-order valence-electron chi connectivity index (χ2n) is 4.45. The zero-order valence-corrected chi connectivity index (χ0v) is 14.0. The Hall–Kier alpha value is -0.580. The van der Waals surface area contributed by atoms with Crippen LogP contribution in [0.15, 0.2) is 22.0 Å². The number of Topliss-reactive ketones (excluding diaryl/α,β-unsaturated/α-hetero) is 1. The van der Waals surface area contributed by atoms with Gasteiger partial charge in [-0.3, -0.25) is 4.79 Å². The molecule has 19 heavy (non-hydrogen) atoms. The first kappa shape index (κ1) is 14.8. The van der Waals surface area contributed by atoms with E-state index in [4.69, 9.17) is 11.6 Å². The average molecular weight is 361 g/mol. The Kier molecular flexibility index (Phi) is 4.87. The Morgan fingerprint density at radius 3 is 2.74 bits per heavy atom. The van der Waals surface area contributed by atoms with Crippen molar-refractivity contribution in [2.45, 2.75) is 26.8 Å². The number of carbonyl (C=O) groups is 1. The molecule has 2 nitrogen and oxygen atoms in total. The van der Waals surface area contributed by atoms with E-state index in [1.54, 1.807) is 11.3 Å². The molecule has 0 aliphatic heterocycles. The second-order valence-corrected chi connectivity index (χ2v) is 7.26. The third kappa shape index (κ3) is 3.30. The van der Waals surface area contributed by atoms with Crippen LogP contribution in [-0.4, -0.2) is 16.2 Å². The largest absolute Gasteiger partial charge is 0.348 e. The van der Waals surface area contributed by atoms with Crippen LogP contribution in [0.1, 0.15) is 26.6 Å². The lowest BCUT2D eigenvalue weighted by molar-refractivity contribution is 0.102. The quantitative estimate of drug-likeness (QED) is 0.564. The van der Waals surface area contributed by atoms with E-state index in [1.165, 1.54) is 4.88 Å². The van der Waals surface area contributed by atoms with Crippen molar-refractivity contribution in [3.05, 3.63) is 43.8 Å². The Labute approximate surface area is 130 Å². The summed E-state index contributed by atoms with van der Waals surface area (Å²) in [5, 5.41) is 0. The summed E-state index contributed by atoms with van der Waals surface area (Å²) in [5.74, 6) is 0.0437. The number of hydrogen-bond donors (Lipinski definition) is 0. The number of halogens is 2. The molecule has 0 spiro atoms. The Morgan fingerprint density at radius 2 is 2.16 bits per heavy atom. The van der Waals surface area contributed by atoms with Gasteiger partial charge in [-0.25, -0.2) is 0 Å². The van der Waals surface area contributed by atoms with Crippen LogP contribution < -0.4 is 0 Å². The topological polar surface area (TPSA) is 22.0 Å². The summed E-state index contributed by atoms with van der Waals surface area (Å²) < 4.78 is 3.34. The van der Waals surface area contributed by atoms with Crippen LogP contribution in [0.2, 0.25) is 0 Å². The minimum Gasteiger partial charge on any atom is -0.348 e. The number of aryl methyl sites for hydroxylation is 2. The minimum atomic E-state index is -0.000107. The molecule has 0 amide bonds. The number of ketones is 1. The highest BCUT2D eigenvalue weighted by Crippen LogP contribution is 2.24. The standard InChI is InChI=1S/C14H15BrClNOS/c1-9-7-12(13(18)8-16)10(2)17(9)6-5-11-3-4-14(15)19-11/h3-4,7H,5-6,8H2,1-2H3. The van der Waals surface area contributed by atoms with Gasteiger partial charge in [-0.2, -0.15) is 0 Å². The van der Waals surface area contributed by atoms with Gasteiger partial charge in [0.1, 0.15) is 0 Å². The van der Waals surface area contributed by atoms with E-state index in [2.05, 4.69) is 32.6 Å². The number of rotatable bonds is 5. The van der Waals surface area contributed by atoms with Crippen LogP contribution in [0.4, 0.5) is 0 Å². The van der Waals surface area contributed by atoms with E-state index in [-0.39, 0.29) is 11.7 Å². The van der Waals surface area contributed by atoms with Crippen molar-refractivity contribution in [3.8, 4) is 0 Å². The van der Waals surface area contributed by atoms with Crippen LogP contribution in [0.3, 0.4) is 0 Å². The van der Waals surface area contributed by atoms with Crippen molar-refractivity contribution < 1.29 is 4.79 Å². The number of carbonyl (C=O) groups excluding carboxylic acids is 1. The molecule has 2 aromatic heterocycles. The van der Waals surface area contributed by atoms with Crippen molar-refractivity contribution in [1.29, 1.82) is 0 Å². The summed E-state index contributed by atoms with van der Waals surface area (Å²) in [5.41, 5.74) is 2.88. The van der Waals surface area contributed by atoms with Crippen molar-refractivity contribution in [2.75, 3.05) is 5.88 Å². The van der Waals surface area contributed by atoms with Crippen LogP contribution in [0, 0.1) is 13.8 Å². The van der Waals surface area contributed by atoms with E-state index >= 15 is 0 Å². The van der Waals surface area contributed by atoms with Crippen molar-refractivity contribution in [1.82, 2.24) is 4.57 Å². The fourth-order valence-corrected chi connectivity index (χ4v) is 3.82. The van der Waals surface area contributed by atoms with E-state index in [0.717, 1.165) is 33.7 Å². The molecule has 0 radical (unpaired) electrons. The van der Waals surface area contributed by atoms with Gasteiger partial charge in [0.15, 0.2) is 5.78 Å². The number of alkyl halides is 1. The molecule has 5 heteroatoms. The molecule has 0 saturated heterocycles. The molecule has 0 unspecified atom stereocenters. The van der Waals surface area contributed by atoms with E-state index in [9.17, 15) is 4.79 Å². The molecule has 2 aromatic rings. The van der Waals surface area contributed by atoms with E-state index in [1.807, 2.05) is 19.9 Å². The first-order chi connectivity index (χ1) is 9.02. The summed E-state index contributed by atoms with van der Waals surface area (Å²) in [6.07, 6.45) is 0.973. The predicted molar refractivity (Wildman–Crippen MR) is 84.7 cm³/mol. The summed E-state index contributed by atoms with van der Waals surface area (Å²) in [6.45, 7) is 4.90. The van der Waals surface area contributed by atoms with Crippen LogP contribution >= 0.6 is 38.9 Å². The summed E-state index contributed by atoms with van der Waals surface area (Å²) in [4.78, 5) is 13.1. The minimum absolute atomic E-state index is 0.000107. The lowest BCUT2D eigenvalue weighted by Gasteiger charge is -2.08. The maximum Gasteiger partial charge on any atom is 0.179 e. The Morgan fingerprint density at radius 1 is 1.42 bits per heavy atom. The maximum atomic E-state index is 11.7. The van der Waals surface area contributed by atoms with Gasteiger partial charge >= 0.3 is 0 Å². The Balaban J connectivity index is 2.16. The van der Waals surface area contributed by atoms with Gasteiger partial charge in [0.05, 0.1) is 9.67 Å². The molecule has 0 saturated carbocycles. The molecule has 102 valence electrons. The van der Waals surface area contributed by atoms with Crippen LogP contribution in [-0.2, 0) is 13.0 Å². The van der Waals surface area contributed by atoms with Gasteiger partial charge in [0.2, 0.25) is 0 Å². The highest BCUT2D eigenvalue weighted by molar-refractivity contribution is 9.11. The third-order valence-electron chi connectivity index (χ3n) is 3.21. The lowest BCUT2D eigenvalue weighted by atomic mass is 10.2. The fraction of sp³-hybridized carbons (Fsp3) is 0.357. The van der Waals surface area contributed by atoms with Gasteiger partial charge in [-0.1, -0.05) is 0 Å². The molecule has 2 heterocycles. The first-order valence-electron chi connectivity index (χ1n) is 6.03. The first-order valence-corrected chi connectivity index (χ1v) is 8.17. The average Bonchev–Trinajstić information content (AvgIpc) is 2.91. The zero-order chi connectivity index (χ0) is 14.0. The second kappa shape index (κ2) is 6.25. The fourth-order valence-electron chi connectivity index (χ4n) is 2.21. The highest BCUT2D eigenvalue weighted by Gasteiger charge is 2.14. The predicted octanol–water partition coefficient (Wildman–Crippen LogP) is 4.59. The Bertz CT molecular complexity index is 603. The molecule has 0 N–H and O–H groups in total. The van der Waals surface area contributed by atoms with Gasteiger partial charge < -0.3 is 4.57 Å². The highest BCUT2D eigenvalue weighted by atomic mass is 79.9. The third-order valence-corrected chi connectivity index (χ3v) is 5.13. The molecular weight excluding hydrogens is 346 g/mol. The van der Waals surface area contributed by atoms with Gasteiger partial charge in [-0.15, -0.1) is 22.9 Å². The number of aromatic nitrogens is 1. The normalized spacial score (nSPS) is 10.9. The molecule has 0 fully saturated rings. The van der Waals surface area contributed by atoms with Crippen molar-refractivity contribution in [2.24, 2.45) is 0 Å². The van der Waals surface area contributed by atoms with Crippen LogP contribution in [0.25, 0.3) is 0 Å². The van der Waals surface area contributed by atoms with Gasteiger partial charge in [-0.05, 0) is 54.4 Å². The van der Waals surface area contributed by atoms with Crippen molar-refractivity contribution >= 4 is 44.7 Å². The molecule has 0 aliphatic rings. The van der Waals surface area contributed by atoms with Crippen LogP contribution in [0.5, 0.6) is 0 Å². The molecule has 0 atom stereocenters. The van der Waals surface area contributed by atoms with Gasteiger partial charge in [0, 0.05) is 28.4 Å². The molecular formula is C14H15BrClNOS. The summed E-state index contributed by atoms with van der Waals surface area (Å²) in [7, 11) is 0. The smallest absolute Gasteiger partial charge is 0.179 e. The maximum absolute atomic E-state index is 11.7. The van der Waals surface area contributed by atoms with E-state index < -0.39 is 0 Å². The molecule has 2 rings (SSSR count). The summed E-state index contributed by atoms with van der Waals surface area (Å²) >= 11 is 10.9. The van der Waals surface area contributed by atoms with Gasteiger partial charge in [0.25, 0.3) is 0 Å². The molecule has 0 bridgehead atoms. The van der Waals surface area contributed by atoms with E-state index in [0.29, 0.717) is 0 Å². The number of thiophene rings is 1. The summed E-state index contributed by atoms with van der Waals surface area (Å²) in [6, 6.07) is 6.13. The lowest BCUT2D eigenvalue weighted by Crippen LogP contribution is -2.07. The zero-order valence-electron chi connectivity index (χ0n) is 10.9. The number of hydrogen-bond acceptors (Lipinski definition) is 2. The molecule has 0 aromatic carbocycles. The monoisotopic (exact) mass is 359 g/mol. The molecule has 0 aliphatic carbocycles. The van der Waals surface area contributed by atoms with Crippen molar-refractivity contribution in [3.63, 3.8) is 0 Å².